The van der Waals surface area contributed by atoms with Crippen LogP contribution in [0.1, 0.15) is 45.2 Å². The average molecular weight is 260 g/mol. The van der Waals surface area contributed by atoms with Crippen LogP contribution in [0.4, 0.5) is 0 Å². The number of carbonyl (C=O) groups excluding carboxylic acids is 1. The van der Waals surface area contributed by atoms with Crippen molar-refractivity contribution in [3.05, 3.63) is 35.9 Å². The molecule has 0 saturated carbocycles. The lowest BCUT2D eigenvalue weighted by Gasteiger charge is -2.35. The van der Waals surface area contributed by atoms with Crippen molar-refractivity contribution in [2.45, 2.75) is 45.2 Å². The van der Waals surface area contributed by atoms with Crippen LogP contribution in [0.5, 0.6) is 0 Å². The van der Waals surface area contributed by atoms with Crippen molar-refractivity contribution in [1.29, 1.82) is 0 Å². The van der Waals surface area contributed by atoms with Gasteiger partial charge in [-0.15, -0.1) is 0 Å². The molecule has 19 heavy (non-hydrogen) atoms. The molecule has 1 aromatic rings. The monoisotopic (exact) mass is 260 g/mol. The minimum absolute atomic E-state index is 0.0260. The van der Waals surface area contributed by atoms with E-state index in [1.165, 1.54) is 0 Å². The van der Waals surface area contributed by atoms with Gasteiger partial charge in [0.15, 0.2) is 0 Å². The van der Waals surface area contributed by atoms with Crippen LogP contribution in [0.15, 0.2) is 30.3 Å². The van der Waals surface area contributed by atoms with Gasteiger partial charge in [-0.3, -0.25) is 4.79 Å². The molecule has 2 unspecified atom stereocenters. The Kier molecular flexibility index (Phi) is 3.95. The summed E-state index contributed by atoms with van der Waals surface area (Å²) in [5.74, 6) is -0.00127. The Bertz CT molecular complexity index is 441. The fourth-order valence-corrected chi connectivity index (χ4v) is 2.88. The summed E-state index contributed by atoms with van der Waals surface area (Å²) in [7, 11) is 0. The van der Waals surface area contributed by atoms with Crippen LogP contribution >= 0.6 is 0 Å². The molecule has 0 aliphatic carbocycles. The summed E-state index contributed by atoms with van der Waals surface area (Å²) >= 11 is 0. The molecule has 1 heterocycles. The van der Waals surface area contributed by atoms with E-state index in [1.54, 1.807) is 0 Å². The van der Waals surface area contributed by atoms with Gasteiger partial charge in [0.2, 0.25) is 5.91 Å². The Balaban J connectivity index is 2.11. The molecule has 2 rings (SSSR count). The zero-order valence-corrected chi connectivity index (χ0v) is 12.1. The minimum Gasteiger partial charge on any atom is -0.337 e. The first-order valence-corrected chi connectivity index (χ1v) is 7.05. The largest absolute Gasteiger partial charge is 0.337 e. The highest BCUT2D eigenvalue weighted by Crippen LogP contribution is 2.31. The number of nitrogens with two attached hydrogens (primary N) is 1. The number of rotatable bonds is 3. The molecule has 0 spiro atoms. The van der Waals surface area contributed by atoms with Crippen LogP contribution in [0.3, 0.4) is 0 Å². The summed E-state index contributed by atoms with van der Waals surface area (Å²) in [4.78, 5) is 14.6. The van der Waals surface area contributed by atoms with E-state index in [-0.39, 0.29) is 23.4 Å². The topological polar surface area (TPSA) is 46.3 Å². The van der Waals surface area contributed by atoms with E-state index in [9.17, 15) is 4.79 Å². The fourth-order valence-electron chi connectivity index (χ4n) is 2.88. The first-order chi connectivity index (χ1) is 8.93. The zero-order chi connectivity index (χ0) is 14.0. The molecule has 3 heteroatoms. The predicted octanol–water partition coefficient (Wildman–Crippen LogP) is 2.72. The van der Waals surface area contributed by atoms with Crippen LogP contribution < -0.4 is 5.73 Å². The van der Waals surface area contributed by atoms with Gasteiger partial charge in [0.1, 0.15) is 0 Å². The molecule has 1 saturated heterocycles. The number of hydrogen-bond acceptors (Lipinski definition) is 2. The lowest BCUT2D eigenvalue weighted by atomic mass is 9.92. The quantitative estimate of drug-likeness (QED) is 0.908. The molecule has 1 aliphatic heterocycles. The fraction of sp³-hybridized carbons (Fsp3) is 0.562. The molecule has 1 amide bonds. The van der Waals surface area contributed by atoms with Gasteiger partial charge in [0, 0.05) is 18.1 Å². The second-order valence-corrected chi connectivity index (χ2v) is 6.13. The zero-order valence-electron chi connectivity index (χ0n) is 12.1. The summed E-state index contributed by atoms with van der Waals surface area (Å²) in [6, 6.07) is 9.64. The highest BCUT2D eigenvalue weighted by molar-refractivity contribution is 5.80. The Hall–Kier alpha value is -1.35. The second-order valence-electron chi connectivity index (χ2n) is 6.13. The lowest BCUT2D eigenvalue weighted by Crippen LogP contribution is -2.47. The van der Waals surface area contributed by atoms with E-state index < -0.39 is 0 Å². The molecule has 0 radical (unpaired) electrons. The van der Waals surface area contributed by atoms with Crippen LogP contribution in [0.25, 0.3) is 0 Å². The summed E-state index contributed by atoms with van der Waals surface area (Å²) < 4.78 is 0. The van der Waals surface area contributed by atoms with Crippen molar-refractivity contribution >= 4 is 5.91 Å². The van der Waals surface area contributed by atoms with Gasteiger partial charge in [0.05, 0.1) is 5.92 Å². The SMILES string of the molecule is CC(C(=O)N1CCCC1(C)C)C(N)c1ccccc1. The van der Waals surface area contributed by atoms with Crippen molar-refractivity contribution in [2.24, 2.45) is 11.7 Å². The molecule has 2 N–H and O–H groups in total. The number of amides is 1. The van der Waals surface area contributed by atoms with Gasteiger partial charge in [-0.2, -0.15) is 0 Å². The number of benzene rings is 1. The third kappa shape index (κ3) is 2.81. The Morgan fingerprint density at radius 2 is 1.95 bits per heavy atom. The molecule has 1 aliphatic rings. The molecule has 1 aromatic carbocycles. The van der Waals surface area contributed by atoms with Crippen LogP contribution in [-0.4, -0.2) is 22.9 Å². The van der Waals surface area contributed by atoms with E-state index in [4.69, 9.17) is 5.73 Å². The smallest absolute Gasteiger partial charge is 0.227 e. The predicted molar refractivity (Wildman–Crippen MR) is 77.6 cm³/mol. The van der Waals surface area contributed by atoms with E-state index >= 15 is 0 Å². The van der Waals surface area contributed by atoms with Crippen LogP contribution in [-0.2, 0) is 4.79 Å². The van der Waals surface area contributed by atoms with Crippen molar-refractivity contribution in [3.63, 3.8) is 0 Å². The van der Waals surface area contributed by atoms with Crippen molar-refractivity contribution in [3.8, 4) is 0 Å². The maximum absolute atomic E-state index is 12.6. The molecule has 104 valence electrons. The summed E-state index contributed by atoms with van der Waals surface area (Å²) in [6.07, 6.45) is 2.16. The van der Waals surface area contributed by atoms with Gasteiger partial charge in [-0.25, -0.2) is 0 Å². The second kappa shape index (κ2) is 5.33. The maximum Gasteiger partial charge on any atom is 0.227 e. The molecular weight excluding hydrogens is 236 g/mol. The van der Waals surface area contributed by atoms with E-state index in [1.807, 2.05) is 42.2 Å². The molecule has 0 bridgehead atoms. The van der Waals surface area contributed by atoms with Crippen molar-refractivity contribution in [2.75, 3.05) is 6.54 Å². The standard InChI is InChI=1S/C16H24N2O/c1-12(14(17)13-8-5-4-6-9-13)15(19)18-11-7-10-16(18,2)3/h4-6,8-9,12,14H,7,10-11,17H2,1-3H3. The molecule has 3 nitrogen and oxygen atoms in total. The first-order valence-electron chi connectivity index (χ1n) is 7.05. The van der Waals surface area contributed by atoms with Gasteiger partial charge in [-0.05, 0) is 32.3 Å². The first kappa shape index (κ1) is 14.1. The van der Waals surface area contributed by atoms with Gasteiger partial charge in [-0.1, -0.05) is 37.3 Å². The Morgan fingerprint density at radius 3 is 2.47 bits per heavy atom. The third-order valence-corrected chi connectivity index (χ3v) is 4.28. The minimum atomic E-state index is -0.231. The van der Waals surface area contributed by atoms with Crippen LogP contribution in [0, 0.1) is 5.92 Å². The number of likely N-dealkylation sites (tertiary alicyclic amines) is 1. The van der Waals surface area contributed by atoms with E-state index in [2.05, 4.69) is 13.8 Å². The van der Waals surface area contributed by atoms with Gasteiger partial charge >= 0.3 is 0 Å². The summed E-state index contributed by atoms with van der Waals surface area (Å²) in [5.41, 5.74) is 7.25. The maximum atomic E-state index is 12.6. The third-order valence-electron chi connectivity index (χ3n) is 4.28. The number of hydrogen-bond donors (Lipinski definition) is 1. The number of nitrogens with zero attached hydrogens (tertiary/aromatic N) is 1. The van der Waals surface area contributed by atoms with E-state index in [0.29, 0.717) is 0 Å². The van der Waals surface area contributed by atoms with Crippen molar-refractivity contribution < 1.29 is 4.79 Å². The highest BCUT2D eigenvalue weighted by atomic mass is 16.2. The van der Waals surface area contributed by atoms with Gasteiger partial charge < -0.3 is 10.6 Å². The van der Waals surface area contributed by atoms with Gasteiger partial charge in [0.25, 0.3) is 0 Å². The Labute approximate surface area is 115 Å². The van der Waals surface area contributed by atoms with Crippen molar-refractivity contribution in [1.82, 2.24) is 4.90 Å². The summed E-state index contributed by atoms with van der Waals surface area (Å²) in [5, 5.41) is 0. The normalized spacial score (nSPS) is 21.2. The van der Waals surface area contributed by atoms with E-state index in [0.717, 1.165) is 24.9 Å². The highest BCUT2D eigenvalue weighted by Gasteiger charge is 2.38. The molecule has 2 atom stereocenters. The number of carbonyl (C=O) groups is 1. The van der Waals surface area contributed by atoms with Crippen LogP contribution in [0.2, 0.25) is 0 Å². The average Bonchev–Trinajstić information content (AvgIpc) is 2.77. The molecule has 1 fully saturated rings. The Morgan fingerprint density at radius 1 is 1.32 bits per heavy atom. The lowest BCUT2D eigenvalue weighted by molar-refractivity contribution is -0.138. The molecule has 0 aromatic heterocycles. The molecular formula is C16H24N2O. The summed E-state index contributed by atoms with van der Waals surface area (Å²) in [6.45, 7) is 7.07.